The van der Waals surface area contributed by atoms with Crippen LogP contribution in [0.1, 0.15) is 184 Å². The number of hydrogen-bond donors (Lipinski definition) is 0. The number of rotatable bonds is 10. The quantitative estimate of drug-likeness (QED) is 0.221. The Bertz CT molecular complexity index is 3220. The average Bonchev–Trinajstić information content (AvgIpc) is 0.661. The van der Waals surface area contributed by atoms with Gasteiger partial charge in [-0.25, -0.2) is 0 Å². The van der Waals surface area contributed by atoms with Crippen LogP contribution in [-0.2, 0) is 0 Å². The maximum absolute atomic E-state index is 8.94. The summed E-state index contributed by atoms with van der Waals surface area (Å²) in [5, 5.41) is 0. The maximum Gasteiger partial charge on any atom is 0.0626 e. The molecule has 0 heterocycles. The van der Waals surface area contributed by atoms with Gasteiger partial charge in [-0.05, 0) is 101 Å². The second-order valence-corrected chi connectivity index (χ2v) is 7.00. The smallest absolute Gasteiger partial charge is 0.0626 e. The van der Waals surface area contributed by atoms with Crippen LogP contribution in [0.2, 0.25) is 0 Å². The Morgan fingerprint density at radius 1 is 0.600 bits per heavy atom. The number of hydrogen-bond acceptors (Lipinski definition) is 0. The van der Waals surface area contributed by atoms with Crippen LogP contribution >= 0.6 is 0 Å². The molecule has 216 valence electrons. The van der Waals surface area contributed by atoms with Crippen molar-refractivity contribution in [3.63, 3.8) is 0 Å². The van der Waals surface area contributed by atoms with Crippen molar-refractivity contribution >= 4 is 0 Å². The summed E-state index contributed by atoms with van der Waals surface area (Å²) in [5.41, 5.74) is -27.8. The van der Waals surface area contributed by atoms with Gasteiger partial charge in [0.15, 0.2) is 0 Å². The molecule has 2 rings (SSSR count). The van der Waals surface area contributed by atoms with Crippen molar-refractivity contribution in [1.29, 1.82) is 0 Å². The maximum atomic E-state index is 8.94. The van der Waals surface area contributed by atoms with Gasteiger partial charge in [0.25, 0.3) is 0 Å². The highest BCUT2D eigenvalue weighted by Crippen LogP contribution is 2.41. The van der Waals surface area contributed by atoms with Gasteiger partial charge in [-0.15, -0.1) is 0 Å². The van der Waals surface area contributed by atoms with Crippen molar-refractivity contribution in [3.05, 3.63) is 129 Å². The Morgan fingerprint density at radius 2 is 1.00 bits per heavy atom. The normalized spacial score (nSPS) is 56.6. The molecule has 0 fully saturated rings. The molecule has 2 aliphatic rings. The van der Waals surface area contributed by atoms with Crippen LogP contribution in [0.25, 0.3) is 0 Å². The Hall–Kier alpha value is -2.86. The zero-order valence-electron chi connectivity index (χ0n) is 76.0. The second kappa shape index (κ2) is 15.8. The van der Waals surface area contributed by atoms with Crippen LogP contribution < -0.4 is 0 Å². The van der Waals surface area contributed by atoms with Gasteiger partial charge in [0.1, 0.15) is 0 Å². The van der Waals surface area contributed by atoms with E-state index in [0.717, 1.165) is 0 Å². The second-order valence-electron chi connectivity index (χ2n) is 7.00. The minimum absolute atomic E-state index is 2.11. The minimum atomic E-state index is -4.81. The molecule has 0 unspecified atom stereocenters. The fourth-order valence-corrected chi connectivity index (χ4v) is 2.19. The van der Waals surface area contributed by atoms with E-state index >= 15 is 0 Å². The molecule has 0 bridgehead atoms. The first-order valence-corrected chi connectivity index (χ1v) is 10.2. The van der Waals surface area contributed by atoms with Crippen molar-refractivity contribution < 1.29 is 76.8 Å². The minimum Gasteiger partial charge on any atom is -0.0696 e. The van der Waals surface area contributed by atoms with Crippen molar-refractivity contribution in [2.75, 3.05) is 0 Å². The molecule has 0 aromatic carbocycles. The van der Waals surface area contributed by atoms with Gasteiger partial charge in [0.05, 0.1) is 19.2 Å². The monoisotopic (exact) mass is 593 g/mol. The first-order chi connectivity index (χ1) is 41.5. The standard InChI is InChI=1S/C40H56/c1-31(19-13-21-33(3)25-27-37-35(5)23-15-29-39(37,7)8)17-11-12-18-32(2)20-14-22-34(4)26-28-38-36(6)24-16-30-40(38,9)10/h11-14,17-22,25-28H,15-16,23-24,29-30H2,1-10H3/b12-11+,19-13+,20-14+,27-25+,28-26+,31-17+,32-18+,33-21+,34-22+/i1D3,2D3,3D3,4D3,5D3,6D3,7D3,8D3,9D3,10D3,11D,12D,13D,14D,15D2,16D2,17D,18D,19D,20D,21D,22D,23D2,24D2,25D,26D,27D,28D,29D2,30D2. The third kappa shape index (κ3) is 11.3. The average molecular weight is 593 g/mol. The zero-order valence-corrected chi connectivity index (χ0v) is 20.0. The van der Waals surface area contributed by atoms with Crippen LogP contribution in [0.5, 0.6) is 0 Å². The topological polar surface area (TPSA) is 0 Å². The lowest BCUT2D eigenvalue weighted by molar-refractivity contribution is 0.376. The molecule has 0 N–H and O–H groups in total. The third-order valence-corrected chi connectivity index (χ3v) is 3.94. The van der Waals surface area contributed by atoms with Gasteiger partial charge in [-0.1, -0.05) is 146 Å². The summed E-state index contributed by atoms with van der Waals surface area (Å²) in [7, 11) is 0. The first kappa shape index (κ1) is 5.47. The molecular weight excluding hydrogens is 480 g/mol. The third-order valence-electron chi connectivity index (χ3n) is 3.94. The SMILES string of the molecule is [2H]\C(C1=C(C([2H])([2H])[2H])C([2H])([2H])C([2H])([2H])C([2H])([2H])C1(C([2H])([2H])[2H])C([2H])([2H])[2H])=C([2H])/C(=C([2H])/C([2H])=C([2H])/C(=C([2H])/C([2H])=C([2H])/C([2H])=C(/C([2H])=C([2H])/C([2H])=C(/C([2H])=C(\[2H])C1=C(C([2H])([2H])[2H])C([2H])([2H])C([2H])([2H])C([2H])([2H])C1(C([2H])([2H])[2H])C([2H])([2H])[2H])C([2H])([2H])[2H])C([2H])([2H])[2H])C([2H])([2H])[2H])C([2H])([2H])[2H]. The Labute approximate surface area is 326 Å². The van der Waals surface area contributed by atoms with Crippen molar-refractivity contribution in [3.8, 4) is 0 Å². The highest BCUT2D eigenvalue weighted by atomic mass is 14.3. The van der Waals surface area contributed by atoms with E-state index in [0.29, 0.717) is 0 Å². The van der Waals surface area contributed by atoms with E-state index in [-0.39, 0.29) is 0 Å². The lowest BCUT2D eigenvalue weighted by Crippen LogP contribution is -2.19. The van der Waals surface area contributed by atoms with Crippen molar-refractivity contribution in [2.45, 2.75) is 107 Å². The first-order valence-electron chi connectivity index (χ1n) is 38.2. The zero-order chi connectivity index (χ0) is 77.7. The lowest BCUT2D eigenvalue weighted by atomic mass is 9.72. The summed E-state index contributed by atoms with van der Waals surface area (Å²) in [6, 6.07) is -31.1. The largest absolute Gasteiger partial charge is 0.0696 e. The molecule has 0 atom stereocenters. The molecule has 0 aromatic heterocycles. The molecule has 0 saturated carbocycles. The van der Waals surface area contributed by atoms with Crippen molar-refractivity contribution in [1.82, 2.24) is 0 Å². The van der Waals surface area contributed by atoms with E-state index in [1.807, 2.05) is 0 Å². The summed E-state index contributed by atoms with van der Waals surface area (Å²) in [5.74, 6) is 0. The summed E-state index contributed by atoms with van der Waals surface area (Å²) in [6.07, 6.45) is -27.5. The van der Waals surface area contributed by atoms with E-state index in [1.54, 1.807) is 0 Å². The van der Waals surface area contributed by atoms with Gasteiger partial charge >= 0.3 is 0 Å². The summed E-state index contributed by atoms with van der Waals surface area (Å²) >= 11 is 0. The van der Waals surface area contributed by atoms with Gasteiger partial charge < -0.3 is 0 Å². The van der Waals surface area contributed by atoms with E-state index in [9.17, 15) is 0 Å². The van der Waals surface area contributed by atoms with E-state index in [1.165, 1.54) is 0 Å². The van der Waals surface area contributed by atoms with Crippen LogP contribution in [0.4, 0.5) is 0 Å². The summed E-state index contributed by atoms with van der Waals surface area (Å²) in [6.45, 7) is -44.4. The lowest BCUT2D eigenvalue weighted by Gasteiger charge is -2.33. The molecule has 0 radical (unpaired) electrons. The van der Waals surface area contributed by atoms with Crippen LogP contribution in [0, 0.1) is 10.8 Å². The van der Waals surface area contributed by atoms with Gasteiger partial charge in [-0.3, -0.25) is 0 Å². The highest BCUT2D eigenvalue weighted by molar-refractivity contribution is 5.39. The van der Waals surface area contributed by atoms with E-state index < -0.39 is 247 Å². The molecule has 0 amide bonds. The molecule has 2 aliphatic carbocycles. The Balaban J connectivity index is 3.63. The van der Waals surface area contributed by atoms with E-state index in [2.05, 4.69) is 0 Å². The number of allylic oxidation sites excluding steroid dienone is 22. The summed E-state index contributed by atoms with van der Waals surface area (Å²) < 4.78 is 470. The molecule has 0 spiro atoms. The van der Waals surface area contributed by atoms with Crippen molar-refractivity contribution in [2.24, 2.45) is 10.8 Å². The molecule has 0 heteroatoms. The predicted octanol–water partition coefficient (Wildman–Crippen LogP) is 12.6. The summed E-state index contributed by atoms with van der Waals surface area (Å²) in [4.78, 5) is 0. The van der Waals surface area contributed by atoms with Gasteiger partial charge in [0.2, 0.25) is 0 Å². The fraction of sp³-hybridized carbons (Fsp3) is 0.450. The van der Waals surface area contributed by atoms with E-state index in [4.69, 9.17) is 76.8 Å². The Morgan fingerprint density at radius 3 is 1.38 bits per heavy atom. The van der Waals surface area contributed by atoms with Gasteiger partial charge in [-0.2, -0.15) is 0 Å². The Kier molecular flexibility index (Phi) is 2.16. The van der Waals surface area contributed by atoms with Crippen LogP contribution in [0.3, 0.4) is 0 Å². The fourth-order valence-electron chi connectivity index (χ4n) is 2.19. The van der Waals surface area contributed by atoms with Crippen LogP contribution in [-0.4, -0.2) is 0 Å². The molecular formula is C40H56. The molecule has 0 aromatic rings. The predicted molar refractivity (Wildman–Crippen MR) is 181 cm³/mol. The van der Waals surface area contributed by atoms with Gasteiger partial charge in [0, 0.05) is 57.6 Å². The molecule has 0 nitrogen and oxygen atoms in total. The molecule has 40 heavy (non-hydrogen) atoms. The molecule has 0 aliphatic heterocycles. The van der Waals surface area contributed by atoms with Crippen LogP contribution in [0.15, 0.2) is 129 Å². The molecule has 0 saturated heterocycles. The highest BCUT2D eigenvalue weighted by Gasteiger charge is 2.27.